The van der Waals surface area contributed by atoms with Crippen molar-refractivity contribution in [1.82, 2.24) is 0 Å². The van der Waals surface area contributed by atoms with Crippen LogP contribution in [0.25, 0.3) is 21.7 Å². The maximum Gasteiger partial charge on any atom is 0.180 e. The molecule has 0 bridgehead atoms. The lowest BCUT2D eigenvalue weighted by Gasteiger charge is -2.16. The molecule has 3 aromatic rings. The minimum Gasteiger partial charge on any atom is -0.492 e. The summed E-state index contributed by atoms with van der Waals surface area (Å²) in [4.78, 5) is 0. The number of fused-ring (bicyclic) bond motifs is 2. The van der Waals surface area contributed by atoms with Crippen LogP contribution in [0.4, 0.5) is 0 Å². The molecule has 3 heteroatoms. The number of hydrogen-bond donors (Lipinski definition) is 0. The average molecular weight is 312 g/mol. The van der Waals surface area contributed by atoms with Gasteiger partial charge in [-0.25, -0.2) is 0 Å². The van der Waals surface area contributed by atoms with Crippen molar-refractivity contribution >= 4 is 21.7 Å². The second kappa shape index (κ2) is 6.53. The van der Waals surface area contributed by atoms with E-state index in [2.05, 4.69) is 39.8 Å². The van der Waals surface area contributed by atoms with Crippen molar-refractivity contribution in [1.29, 1.82) is 0 Å². The maximum absolute atomic E-state index is 6.12. The summed E-state index contributed by atoms with van der Waals surface area (Å²) in [6.07, 6.45) is 1.70. The molecule has 1 aromatic heterocycles. The largest absolute Gasteiger partial charge is 0.492 e. The molecule has 2 aromatic carbocycles. The molecule has 0 aliphatic carbocycles. The second-order valence-electron chi connectivity index (χ2n) is 6.78. The molecule has 23 heavy (non-hydrogen) atoms. The van der Waals surface area contributed by atoms with Crippen molar-refractivity contribution in [2.24, 2.45) is 11.8 Å². The molecule has 0 aliphatic rings. The average Bonchev–Trinajstić information content (AvgIpc) is 2.99. The molecule has 1 heterocycles. The van der Waals surface area contributed by atoms with Crippen LogP contribution in [0.1, 0.15) is 27.7 Å². The zero-order valence-electron chi connectivity index (χ0n) is 14.3. The van der Waals surface area contributed by atoms with Crippen LogP contribution in [0, 0.1) is 11.8 Å². The molecular weight excluding hydrogens is 288 g/mol. The molecule has 122 valence electrons. The quantitative estimate of drug-likeness (QED) is 0.589. The zero-order chi connectivity index (χ0) is 16.4. The fourth-order valence-electron chi connectivity index (χ4n) is 2.61. The van der Waals surface area contributed by atoms with E-state index in [1.54, 1.807) is 6.26 Å². The van der Waals surface area contributed by atoms with Gasteiger partial charge in [0.15, 0.2) is 11.3 Å². The third-order valence-corrected chi connectivity index (χ3v) is 3.65. The van der Waals surface area contributed by atoms with E-state index < -0.39 is 0 Å². The second-order valence-corrected chi connectivity index (χ2v) is 6.78. The smallest absolute Gasteiger partial charge is 0.180 e. The van der Waals surface area contributed by atoms with Crippen LogP contribution in [0.2, 0.25) is 0 Å². The van der Waals surface area contributed by atoms with Crippen LogP contribution in [-0.4, -0.2) is 13.2 Å². The Morgan fingerprint density at radius 2 is 1.35 bits per heavy atom. The van der Waals surface area contributed by atoms with Crippen LogP contribution >= 0.6 is 0 Å². The van der Waals surface area contributed by atoms with E-state index in [1.165, 1.54) is 0 Å². The van der Waals surface area contributed by atoms with Gasteiger partial charge in [-0.2, -0.15) is 0 Å². The van der Waals surface area contributed by atoms with E-state index in [-0.39, 0.29) is 0 Å². The predicted molar refractivity (Wildman–Crippen MR) is 94.4 cm³/mol. The minimum absolute atomic E-state index is 0.454. The normalized spacial score (nSPS) is 11.7. The molecule has 3 nitrogen and oxygen atoms in total. The molecule has 0 saturated carbocycles. The van der Waals surface area contributed by atoms with Crippen LogP contribution in [0.5, 0.6) is 11.5 Å². The Morgan fingerprint density at radius 3 is 1.96 bits per heavy atom. The lowest BCUT2D eigenvalue weighted by Crippen LogP contribution is -2.07. The van der Waals surface area contributed by atoms with E-state index in [4.69, 9.17) is 13.9 Å². The fraction of sp³-hybridized carbons (Fsp3) is 0.400. The standard InChI is InChI=1S/C20H24O3/c1-13(2)11-22-18-15-7-5-6-8-16(15)19(23-12-14(3)4)20-17(18)9-10-21-20/h5-10,13-14H,11-12H2,1-4H3. The highest BCUT2D eigenvalue weighted by Crippen LogP contribution is 2.43. The Morgan fingerprint density at radius 1 is 0.783 bits per heavy atom. The van der Waals surface area contributed by atoms with Gasteiger partial charge in [0.05, 0.1) is 24.9 Å². The van der Waals surface area contributed by atoms with Crippen molar-refractivity contribution < 1.29 is 13.9 Å². The van der Waals surface area contributed by atoms with Crippen molar-refractivity contribution in [3.63, 3.8) is 0 Å². The van der Waals surface area contributed by atoms with Gasteiger partial charge in [0.2, 0.25) is 0 Å². The van der Waals surface area contributed by atoms with E-state index in [0.717, 1.165) is 33.2 Å². The topological polar surface area (TPSA) is 31.6 Å². The first-order valence-corrected chi connectivity index (χ1v) is 8.25. The predicted octanol–water partition coefficient (Wildman–Crippen LogP) is 5.66. The van der Waals surface area contributed by atoms with Crippen molar-refractivity contribution in [2.45, 2.75) is 27.7 Å². The Bertz CT molecular complexity index is 734. The summed E-state index contributed by atoms with van der Waals surface area (Å²) < 4.78 is 17.9. The molecule has 0 atom stereocenters. The van der Waals surface area contributed by atoms with Gasteiger partial charge in [-0.05, 0) is 17.9 Å². The SMILES string of the molecule is CC(C)COc1c2ccccc2c(OCC(C)C)c2occc12. The van der Waals surface area contributed by atoms with Crippen molar-refractivity contribution in [3.05, 3.63) is 36.6 Å². The Labute approximate surface area is 137 Å². The Balaban J connectivity index is 2.19. The van der Waals surface area contributed by atoms with E-state index >= 15 is 0 Å². The highest BCUT2D eigenvalue weighted by molar-refractivity contribution is 6.09. The summed E-state index contributed by atoms with van der Waals surface area (Å²) in [5.41, 5.74) is 0.767. The molecule has 0 radical (unpaired) electrons. The van der Waals surface area contributed by atoms with Crippen molar-refractivity contribution in [3.8, 4) is 11.5 Å². The van der Waals surface area contributed by atoms with Crippen LogP contribution in [0.3, 0.4) is 0 Å². The Hall–Kier alpha value is -2.16. The van der Waals surface area contributed by atoms with Crippen LogP contribution < -0.4 is 9.47 Å². The molecule has 0 N–H and O–H groups in total. The third kappa shape index (κ3) is 3.14. The molecule has 0 aliphatic heterocycles. The van der Waals surface area contributed by atoms with Gasteiger partial charge < -0.3 is 13.9 Å². The first kappa shape index (κ1) is 15.7. The van der Waals surface area contributed by atoms with Gasteiger partial charge in [0, 0.05) is 10.8 Å². The number of benzene rings is 2. The van der Waals surface area contributed by atoms with Crippen molar-refractivity contribution in [2.75, 3.05) is 13.2 Å². The first-order valence-electron chi connectivity index (χ1n) is 8.25. The Kier molecular flexibility index (Phi) is 4.46. The highest BCUT2D eigenvalue weighted by atomic mass is 16.5. The molecule has 0 unspecified atom stereocenters. The fourth-order valence-corrected chi connectivity index (χ4v) is 2.61. The molecule has 0 fully saturated rings. The van der Waals surface area contributed by atoms with E-state index in [1.807, 2.05) is 18.2 Å². The van der Waals surface area contributed by atoms with Gasteiger partial charge >= 0.3 is 0 Å². The summed E-state index contributed by atoms with van der Waals surface area (Å²) in [6.45, 7) is 9.91. The summed E-state index contributed by atoms with van der Waals surface area (Å²) in [6, 6.07) is 10.2. The van der Waals surface area contributed by atoms with Gasteiger partial charge in [-0.1, -0.05) is 52.0 Å². The summed E-state index contributed by atoms with van der Waals surface area (Å²) in [5.74, 6) is 2.62. The monoisotopic (exact) mass is 312 g/mol. The van der Waals surface area contributed by atoms with E-state index in [0.29, 0.717) is 25.0 Å². The van der Waals surface area contributed by atoms with Gasteiger partial charge in [0.1, 0.15) is 5.75 Å². The van der Waals surface area contributed by atoms with Gasteiger partial charge in [-0.15, -0.1) is 0 Å². The summed E-state index contributed by atoms with van der Waals surface area (Å²) in [5, 5.41) is 3.08. The van der Waals surface area contributed by atoms with Crippen LogP contribution in [-0.2, 0) is 0 Å². The molecule has 0 amide bonds. The van der Waals surface area contributed by atoms with Crippen LogP contribution in [0.15, 0.2) is 41.0 Å². The zero-order valence-corrected chi connectivity index (χ0v) is 14.3. The molecule has 0 saturated heterocycles. The first-order chi connectivity index (χ1) is 11.1. The molecule has 0 spiro atoms. The number of hydrogen-bond acceptors (Lipinski definition) is 3. The molecule has 3 rings (SSSR count). The number of rotatable bonds is 6. The minimum atomic E-state index is 0.454. The lowest BCUT2D eigenvalue weighted by atomic mass is 10.1. The molecular formula is C20H24O3. The maximum atomic E-state index is 6.12. The lowest BCUT2D eigenvalue weighted by molar-refractivity contribution is 0.270. The third-order valence-electron chi connectivity index (χ3n) is 3.65. The highest BCUT2D eigenvalue weighted by Gasteiger charge is 2.19. The number of furan rings is 1. The number of ether oxygens (including phenoxy) is 2. The summed E-state index contributed by atoms with van der Waals surface area (Å²) >= 11 is 0. The van der Waals surface area contributed by atoms with Gasteiger partial charge in [0.25, 0.3) is 0 Å². The summed E-state index contributed by atoms with van der Waals surface area (Å²) in [7, 11) is 0. The van der Waals surface area contributed by atoms with E-state index in [9.17, 15) is 0 Å². The van der Waals surface area contributed by atoms with Gasteiger partial charge in [-0.3, -0.25) is 0 Å².